The maximum atomic E-state index is 12.7. The Bertz CT molecular complexity index is 679. The summed E-state index contributed by atoms with van der Waals surface area (Å²) >= 11 is 0. The van der Waals surface area contributed by atoms with Crippen LogP contribution in [-0.2, 0) is 11.3 Å². The van der Waals surface area contributed by atoms with E-state index in [9.17, 15) is 4.79 Å². The minimum Gasteiger partial charge on any atom is -0.488 e. The predicted octanol–water partition coefficient (Wildman–Crippen LogP) is 3.09. The molecular weight excluding hydrogens is 302 g/mol. The van der Waals surface area contributed by atoms with Crippen molar-refractivity contribution >= 4 is 5.78 Å². The number of ether oxygens (including phenoxy) is 2. The topological polar surface area (TPSA) is 38.8 Å². The van der Waals surface area contributed by atoms with Gasteiger partial charge in [-0.3, -0.25) is 9.69 Å². The molecule has 0 saturated carbocycles. The van der Waals surface area contributed by atoms with Gasteiger partial charge in [0.1, 0.15) is 12.4 Å². The summed E-state index contributed by atoms with van der Waals surface area (Å²) in [5.74, 6) is 0.756. The van der Waals surface area contributed by atoms with Gasteiger partial charge in [-0.25, -0.2) is 0 Å². The van der Waals surface area contributed by atoms with Crippen molar-refractivity contribution in [1.29, 1.82) is 0 Å². The second-order valence-electron chi connectivity index (χ2n) is 6.09. The molecule has 1 aliphatic rings. The molecule has 1 heterocycles. The molecule has 0 radical (unpaired) electrons. The lowest BCUT2D eigenvalue weighted by Crippen LogP contribution is -2.39. The molecule has 2 aromatic rings. The molecule has 126 valence electrons. The Morgan fingerprint density at radius 3 is 2.62 bits per heavy atom. The number of hydrogen-bond acceptors (Lipinski definition) is 4. The lowest BCUT2D eigenvalue weighted by molar-refractivity contribution is 0.0370. The van der Waals surface area contributed by atoms with Gasteiger partial charge in [0.05, 0.1) is 25.3 Å². The number of carbonyl (C=O) groups excluding carboxylic acids is 1. The summed E-state index contributed by atoms with van der Waals surface area (Å²) in [4.78, 5) is 14.9. The SMILES string of the molecule is Cc1ccc(OCc2ccccc2)c(C(=O)CN2CCOCC2)c1. The molecule has 0 N–H and O–H groups in total. The highest BCUT2D eigenvalue weighted by Gasteiger charge is 2.18. The zero-order valence-corrected chi connectivity index (χ0v) is 14.0. The Morgan fingerprint density at radius 2 is 1.88 bits per heavy atom. The van der Waals surface area contributed by atoms with E-state index >= 15 is 0 Å². The zero-order chi connectivity index (χ0) is 16.8. The maximum Gasteiger partial charge on any atom is 0.180 e. The average Bonchev–Trinajstić information content (AvgIpc) is 2.62. The van der Waals surface area contributed by atoms with Gasteiger partial charge in [0.15, 0.2) is 5.78 Å². The van der Waals surface area contributed by atoms with E-state index in [2.05, 4.69) is 4.90 Å². The highest BCUT2D eigenvalue weighted by Crippen LogP contribution is 2.22. The van der Waals surface area contributed by atoms with Crippen LogP contribution in [0.15, 0.2) is 48.5 Å². The van der Waals surface area contributed by atoms with Crippen LogP contribution in [0.4, 0.5) is 0 Å². The molecule has 4 nitrogen and oxygen atoms in total. The minimum atomic E-state index is 0.101. The van der Waals surface area contributed by atoms with Crippen molar-refractivity contribution in [2.45, 2.75) is 13.5 Å². The van der Waals surface area contributed by atoms with Crippen LogP contribution in [0.3, 0.4) is 0 Å². The van der Waals surface area contributed by atoms with E-state index < -0.39 is 0 Å². The molecule has 1 fully saturated rings. The number of carbonyl (C=O) groups is 1. The Hall–Kier alpha value is -2.17. The summed E-state index contributed by atoms with van der Waals surface area (Å²) < 4.78 is 11.3. The van der Waals surface area contributed by atoms with Gasteiger partial charge in [-0.05, 0) is 24.6 Å². The average molecular weight is 325 g/mol. The van der Waals surface area contributed by atoms with E-state index in [-0.39, 0.29) is 5.78 Å². The smallest absolute Gasteiger partial charge is 0.180 e. The Morgan fingerprint density at radius 1 is 1.12 bits per heavy atom. The summed E-state index contributed by atoms with van der Waals surface area (Å²) in [7, 11) is 0. The van der Waals surface area contributed by atoms with Crippen LogP contribution in [0.5, 0.6) is 5.75 Å². The van der Waals surface area contributed by atoms with Crippen LogP contribution in [0.2, 0.25) is 0 Å². The number of aryl methyl sites for hydroxylation is 1. The van der Waals surface area contributed by atoms with Gasteiger partial charge in [-0.2, -0.15) is 0 Å². The molecule has 4 heteroatoms. The number of hydrogen-bond donors (Lipinski definition) is 0. The normalized spacial score (nSPS) is 15.2. The molecule has 3 rings (SSSR count). The Balaban J connectivity index is 1.71. The van der Waals surface area contributed by atoms with Gasteiger partial charge < -0.3 is 9.47 Å². The molecule has 24 heavy (non-hydrogen) atoms. The molecule has 0 bridgehead atoms. The van der Waals surface area contributed by atoms with Crippen LogP contribution < -0.4 is 4.74 Å². The van der Waals surface area contributed by atoms with Crippen molar-refractivity contribution in [2.24, 2.45) is 0 Å². The van der Waals surface area contributed by atoms with Gasteiger partial charge in [0.25, 0.3) is 0 Å². The van der Waals surface area contributed by atoms with Crippen LogP contribution in [0, 0.1) is 6.92 Å². The fourth-order valence-corrected chi connectivity index (χ4v) is 2.77. The van der Waals surface area contributed by atoms with Crippen LogP contribution >= 0.6 is 0 Å². The Labute approximate surface area is 143 Å². The minimum absolute atomic E-state index is 0.101. The van der Waals surface area contributed by atoms with E-state index in [0.29, 0.717) is 37.7 Å². The largest absolute Gasteiger partial charge is 0.488 e. The fourth-order valence-electron chi connectivity index (χ4n) is 2.77. The third kappa shape index (κ3) is 4.43. The summed E-state index contributed by atoms with van der Waals surface area (Å²) in [5.41, 5.74) is 2.81. The molecule has 0 aliphatic carbocycles. The monoisotopic (exact) mass is 325 g/mol. The van der Waals surface area contributed by atoms with E-state index in [1.807, 2.05) is 55.5 Å². The summed E-state index contributed by atoms with van der Waals surface area (Å²) in [6.45, 7) is 5.86. The molecule has 0 aromatic heterocycles. The first-order valence-electron chi connectivity index (χ1n) is 8.33. The van der Waals surface area contributed by atoms with E-state index in [1.54, 1.807) is 0 Å². The molecular formula is C20H23NO3. The van der Waals surface area contributed by atoms with Crippen molar-refractivity contribution in [3.05, 3.63) is 65.2 Å². The van der Waals surface area contributed by atoms with Crippen molar-refractivity contribution in [1.82, 2.24) is 4.90 Å². The van der Waals surface area contributed by atoms with Crippen molar-refractivity contribution in [2.75, 3.05) is 32.8 Å². The maximum absolute atomic E-state index is 12.7. The van der Waals surface area contributed by atoms with Crippen molar-refractivity contribution < 1.29 is 14.3 Å². The highest BCUT2D eigenvalue weighted by molar-refractivity contribution is 6.00. The first kappa shape index (κ1) is 16.7. The lowest BCUT2D eigenvalue weighted by Gasteiger charge is -2.26. The lowest BCUT2D eigenvalue weighted by atomic mass is 10.1. The first-order valence-corrected chi connectivity index (χ1v) is 8.33. The van der Waals surface area contributed by atoms with E-state index in [4.69, 9.17) is 9.47 Å². The predicted molar refractivity (Wildman–Crippen MR) is 93.5 cm³/mol. The summed E-state index contributed by atoms with van der Waals surface area (Å²) in [6.07, 6.45) is 0. The van der Waals surface area contributed by atoms with Crippen LogP contribution in [-0.4, -0.2) is 43.5 Å². The van der Waals surface area contributed by atoms with Crippen molar-refractivity contribution in [3.63, 3.8) is 0 Å². The second-order valence-corrected chi connectivity index (χ2v) is 6.09. The third-order valence-electron chi connectivity index (χ3n) is 4.14. The van der Waals surface area contributed by atoms with Gasteiger partial charge in [-0.1, -0.05) is 42.0 Å². The number of benzene rings is 2. The molecule has 0 amide bonds. The van der Waals surface area contributed by atoms with Crippen LogP contribution in [0.1, 0.15) is 21.5 Å². The first-order chi connectivity index (χ1) is 11.7. The van der Waals surface area contributed by atoms with E-state index in [0.717, 1.165) is 24.2 Å². The number of morpholine rings is 1. The fraction of sp³-hybridized carbons (Fsp3) is 0.350. The standard InChI is InChI=1S/C20H23NO3/c1-16-7-8-20(24-15-17-5-3-2-4-6-17)18(13-16)19(22)14-21-9-11-23-12-10-21/h2-8,13H,9-12,14-15H2,1H3. The number of Topliss-reactive ketones (excluding diaryl/α,β-unsaturated/α-hetero) is 1. The number of ketones is 1. The van der Waals surface area contributed by atoms with E-state index in [1.165, 1.54) is 0 Å². The molecule has 2 aromatic carbocycles. The van der Waals surface area contributed by atoms with Gasteiger partial charge in [0.2, 0.25) is 0 Å². The second kappa shape index (κ2) is 8.08. The molecule has 1 aliphatic heterocycles. The third-order valence-corrected chi connectivity index (χ3v) is 4.14. The molecule has 0 spiro atoms. The zero-order valence-electron chi connectivity index (χ0n) is 14.0. The van der Waals surface area contributed by atoms with Gasteiger partial charge >= 0.3 is 0 Å². The number of nitrogens with zero attached hydrogens (tertiary/aromatic N) is 1. The number of rotatable bonds is 6. The molecule has 0 atom stereocenters. The highest BCUT2D eigenvalue weighted by atomic mass is 16.5. The Kier molecular flexibility index (Phi) is 5.62. The summed E-state index contributed by atoms with van der Waals surface area (Å²) in [6, 6.07) is 15.8. The summed E-state index contributed by atoms with van der Waals surface area (Å²) in [5, 5.41) is 0. The quantitative estimate of drug-likeness (QED) is 0.765. The van der Waals surface area contributed by atoms with Gasteiger partial charge in [0, 0.05) is 13.1 Å². The van der Waals surface area contributed by atoms with Gasteiger partial charge in [-0.15, -0.1) is 0 Å². The van der Waals surface area contributed by atoms with Crippen molar-refractivity contribution in [3.8, 4) is 5.75 Å². The van der Waals surface area contributed by atoms with Crippen LogP contribution in [0.25, 0.3) is 0 Å². The molecule has 1 saturated heterocycles. The molecule has 0 unspecified atom stereocenters.